The molecule has 164 valence electrons. The van der Waals surface area contributed by atoms with E-state index in [0.29, 0.717) is 11.3 Å². The van der Waals surface area contributed by atoms with Crippen molar-refractivity contribution in [3.8, 4) is 11.1 Å². The fourth-order valence-corrected chi connectivity index (χ4v) is 3.96. The molecule has 0 fully saturated rings. The molecule has 0 saturated heterocycles. The van der Waals surface area contributed by atoms with Crippen molar-refractivity contribution in [2.45, 2.75) is 11.3 Å². The molecule has 1 heterocycles. The van der Waals surface area contributed by atoms with E-state index < -0.39 is 15.8 Å². The molecule has 0 saturated carbocycles. The molecule has 1 aromatic heterocycles. The molecule has 4 rings (SSSR count). The molecule has 0 unspecified atom stereocenters. The maximum atomic E-state index is 11.6. The van der Waals surface area contributed by atoms with E-state index in [1.54, 1.807) is 30.3 Å². The lowest BCUT2D eigenvalue weighted by Gasteiger charge is -2.03. The fraction of sp³-hybridized carbons (Fsp3) is 0.0833. The van der Waals surface area contributed by atoms with Gasteiger partial charge in [0.05, 0.1) is 15.9 Å². The van der Waals surface area contributed by atoms with Gasteiger partial charge in [-0.3, -0.25) is 0 Å². The summed E-state index contributed by atoms with van der Waals surface area (Å²) in [5.74, 6) is -0.148. The van der Waals surface area contributed by atoms with Gasteiger partial charge in [0.25, 0.3) is 0 Å². The Kier molecular flexibility index (Phi) is 6.81. The van der Waals surface area contributed by atoms with Crippen molar-refractivity contribution in [1.82, 2.24) is 9.97 Å². The van der Waals surface area contributed by atoms with Crippen molar-refractivity contribution in [3.05, 3.63) is 89.8 Å². The quantitative estimate of drug-likeness (QED) is 0.398. The number of nitrogens with one attached hydrogen (secondary N) is 1. The number of aliphatic carboxylic acids is 1. The molecular weight excluding hydrogens is 448 g/mol. The number of sulfone groups is 1. The predicted octanol–water partition coefficient (Wildman–Crippen LogP) is 4.74. The summed E-state index contributed by atoms with van der Waals surface area (Å²) in [6.45, 7) is 0. The molecule has 0 radical (unpaired) electrons. The SMILES string of the molecule is CS(=O)(=O)c1ccc(-c2ccc3nc(Cc4ccc(/C=C/C(=O)O)cc4)[nH]c3c2)cc1.Cl. The normalized spacial score (nSPS) is 11.5. The molecular formula is C24H21ClN2O4S. The maximum absolute atomic E-state index is 11.6. The molecule has 4 aromatic rings. The first kappa shape index (κ1) is 23.2. The highest BCUT2D eigenvalue weighted by Gasteiger charge is 2.09. The highest BCUT2D eigenvalue weighted by molar-refractivity contribution is 7.90. The van der Waals surface area contributed by atoms with Crippen LogP contribution in [0.25, 0.3) is 28.2 Å². The standard InChI is InChI=1S/C24H20N2O4S.ClH/c1-31(29,30)20-10-7-18(8-11-20)19-9-12-21-22(15-19)26-23(25-21)14-17-4-2-16(3-5-17)6-13-24(27)28;/h2-13,15H,14H2,1H3,(H,25,26)(H,27,28);1H/b13-6+;. The summed E-state index contributed by atoms with van der Waals surface area (Å²) >= 11 is 0. The van der Waals surface area contributed by atoms with Crippen molar-refractivity contribution >= 4 is 45.3 Å². The second kappa shape index (κ2) is 9.38. The van der Waals surface area contributed by atoms with Gasteiger partial charge in [-0.05, 0) is 52.6 Å². The van der Waals surface area contributed by atoms with Crippen LogP contribution in [0.1, 0.15) is 17.0 Å². The van der Waals surface area contributed by atoms with Gasteiger partial charge in [-0.15, -0.1) is 12.4 Å². The monoisotopic (exact) mass is 468 g/mol. The van der Waals surface area contributed by atoms with Gasteiger partial charge >= 0.3 is 5.97 Å². The summed E-state index contributed by atoms with van der Waals surface area (Å²) in [7, 11) is -3.22. The number of hydrogen-bond donors (Lipinski definition) is 2. The second-order valence-corrected chi connectivity index (χ2v) is 9.32. The van der Waals surface area contributed by atoms with Crippen LogP contribution >= 0.6 is 12.4 Å². The van der Waals surface area contributed by atoms with Gasteiger partial charge in [-0.1, -0.05) is 42.5 Å². The number of carboxylic acid groups (broad SMARTS) is 1. The number of rotatable bonds is 6. The Hall–Kier alpha value is -3.42. The Labute approximate surface area is 192 Å². The topological polar surface area (TPSA) is 100 Å². The number of fused-ring (bicyclic) bond motifs is 1. The smallest absolute Gasteiger partial charge is 0.328 e. The van der Waals surface area contributed by atoms with E-state index in [1.807, 2.05) is 42.5 Å². The summed E-state index contributed by atoms with van der Waals surface area (Å²) in [5.41, 5.74) is 5.53. The van der Waals surface area contributed by atoms with E-state index in [2.05, 4.69) is 9.97 Å². The molecule has 0 aliphatic rings. The average molecular weight is 469 g/mol. The molecule has 6 nitrogen and oxygen atoms in total. The summed E-state index contributed by atoms with van der Waals surface area (Å²) in [5, 5.41) is 8.71. The third kappa shape index (κ3) is 5.43. The van der Waals surface area contributed by atoms with Crippen LogP contribution < -0.4 is 0 Å². The molecule has 0 aliphatic carbocycles. The summed E-state index contributed by atoms with van der Waals surface area (Å²) in [6.07, 6.45) is 4.48. The lowest BCUT2D eigenvalue weighted by atomic mass is 10.1. The minimum atomic E-state index is -3.22. The zero-order chi connectivity index (χ0) is 22.0. The highest BCUT2D eigenvalue weighted by Crippen LogP contribution is 2.25. The first-order valence-corrected chi connectivity index (χ1v) is 11.5. The first-order chi connectivity index (χ1) is 14.8. The van der Waals surface area contributed by atoms with Gasteiger partial charge < -0.3 is 10.1 Å². The highest BCUT2D eigenvalue weighted by atomic mass is 35.5. The van der Waals surface area contributed by atoms with Crippen molar-refractivity contribution < 1.29 is 18.3 Å². The zero-order valence-electron chi connectivity index (χ0n) is 17.1. The fourth-order valence-electron chi connectivity index (χ4n) is 3.33. The number of carboxylic acids is 1. The van der Waals surface area contributed by atoms with E-state index in [-0.39, 0.29) is 12.4 Å². The number of benzene rings is 3. The van der Waals surface area contributed by atoms with Gasteiger partial charge in [0.2, 0.25) is 0 Å². The van der Waals surface area contributed by atoms with E-state index in [9.17, 15) is 13.2 Å². The molecule has 32 heavy (non-hydrogen) atoms. The third-order valence-corrected chi connectivity index (χ3v) is 6.04. The molecule has 0 bridgehead atoms. The van der Waals surface area contributed by atoms with Crippen LogP contribution in [0.4, 0.5) is 0 Å². The van der Waals surface area contributed by atoms with Crippen molar-refractivity contribution in [2.24, 2.45) is 0 Å². The number of hydrogen-bond acceptors (Lipinski definition) is 4. The zero-order valence-corrected chi connectivity index (χ0v) is 18.8. The molecule has 0 aliphatic heterocycles. The Bertz CT molecular complexity index is 1390. The number of carbonyl (C=O) groups is 1. The first-order valence-electron chi connectivity index (χ1n) is 9.57. The van der Waals surface area contributed by atoms with Gasteiger partial charge in [-0.2, -0.15) is 0 Å². The number of halogens is 1. The van der Waals surface area contributed by atoms with E-state index in [1.165, 1.54) is 6.26 Å². The Morgan fingerprint density at radius 3 is 2.28 bits per heavy atom. The van der Waals surface area contributed by atoms with E-state index in [4.69, 9.17) is 5.11 Å². The molecule has 2 N–H and O–H groups in total. The Morgan fingerprint density at radius 1 is 1.00 bits per heavy atom. The van der Waals surface area contributed by atoms with Gasteiger partial charge in [-0.25, -0.2) is 18.2 Å². The molecule has 3 aromatic carbocycles. The minimum absolute atomic E-state index is 0. The Balaban J connectivity index is 0.00000289. The number of aromatic nitrogens is 2. The lowest BCUT2D eigenvalue weighted by molar-refractivity contribution is -0.131. The lowest BCUT2D eigenvalue weighted by Crippen LogP contribution is -1.96. The number of imidazole rings is 1. The minimum Gasteiger partial charge on any atom is -0.478 e. The van der Waals surface area contributed by atoms with Crippen molar-refractivity contribution in [2.75, 3.05) is 6.26 Å². The molecule has 0 amide bonds. The van der Waals surface area contributed by atoms with Crippen LogP contribution in [-0.4, -0.2) is 35.7 Å². The largest absolute Gasteiger partial charge is 0.478 e. The average Bonchev–Trinajstić information content (AvgIpc) is 3.14. The van der Waals surface area contributed by atoms with Crippen LogP contribution in [0.3, 0.4) is 0 Å². The van der Waals surface area contributed by atoms with Crippen LogP contribution in [0, 0.1) is 0 Å². The van der Waals surface area contributed by atoms with E-state index in [0.717, 1.165) is 45.2 Å². The summed E-state index contributed by atoms with van der Waals surface area (Å²) < 4.78 is 23.3. The number of nitrogens with zero attached hydrogens (tertiary/aromatic N) is 1. The van der Waals surface area contributed by atoms with Crippen LogP contribution in [0.5, 0.6) is 0 Å². The van der Waals surface area contributed by atoms with Gasteiger partial charge in [0.1, 0.15) is 5.82 Å². The van der Waals surface area contributed by atoms with Crippen LogP contribution in [0.2, 0.25) is 0 Å². The summed E-state index contributed by atoms with van der Waals surface area (Å²) in [6, 6.07) is 20.4. The summed E-state index contributed by atoms with van der Waals surface area (Å²) in [4.78, 5) is 18.9. The molecule has 8 heteroatoms. The predicted molar refractivity (Wildman–Crippen MR) is 128 cm³/mol. The van der Waals surface area contributed by atoms with E-state index >= 15 is 0 Å². The molecule has 0 spiro atoms. The number of H-pyrrole nitrogens is 1. The second-order valence-electron chi connectivity index (χ2n) is 7.30. The number of aromatic amines is 1. The maximum Gasteiger partial charge on any atom is 0.328 e. The van der Waals surface area contributed by atoms with Gasteiger partial charge in [0.15, 0.2) is 9.84 Å². The Morgan fingerprint density at radius 2 is 1.66 bits per heavy atom. The molecule has 0 atom stereocenters. The van der Waals surface area contributed by atoms with Crippen molar-refractivity contribution in [1.29, 1.82) is 0 Å². The van der Waals surface area contributed by atoms with Crippen molar-refractivity contribution in [3.63, 3.8) is 0 Å². The van der Waals surface area contributed by atoms with Gasteiger partial charge in [0, 0.05) is 18.8 Å². The van der Waals surface area contributed by atoms with Crippen LogP contribution in [-0.2, 0) is 21.1 Å². The van der Waals surface area contributed by atoms with Crippen LogP contribution in [0.15, 0.2) is 77.7 Å². The third-order valence-electron chi connectivity index (χ3n) is 4.92.